The Morgan fingerprint density at radius 2 is 1.91 bits per heavy atom. The van der Waals surface area contributed by atoms with Gasteiger partial charge in [0.1, 0.15) is 0 Å². The number of hydrogen-bond donors (Lipinski definition) is 2. The van der Waals surface area contributed by atoms with Crippen LogP contribution in [0.1, 0.15) is 10.4 Å². The van der Waals surface area contributed by atoms with E-state index in [-0.39, 0.29) is 22.9 Å². The average Bonchev–Trinajstić information content (AvgIpc) is 2.77. The number of amides is 2. The number of ether oxygens (including phenoxy) is 2. The van der Waals surface area contributed by atoms with Crippen molar-refractivity contribution in [3.8, 4) is 0 Å². The molecule has 2 aromatic rings. The second-order valence-corrected chi connectivity index (χ2v) is 7.19. The van der Waals surface area contributed by atoms with Gasteiger partial charge in [0.2, 0.25) is 11.7 Å². The summed E-state index contributed by atoms with van der Waals surface area (Å²) in [5, 5.41) is 15.7. The van der Waals surface area contributed by atoms with Crippen LogP contribution in [0, 0.1) is 15.9 Å². The van der Waals surface area contributed by atoms with E-state index in [1.807, 2.05) is 0 Å². The van der Waals surface area contributed by atoms with Gasteiger partial charge < -0.3 is 20.1 Å². The summed E-state index contributed by atoms with van der Waals surface area (Å²) in [6, 6.07) is 9.28. The van der Waals surface area contributed by atoms with Gasteiger partial charge in [-0.3, -0.25) is 19.7 Å². The number of carbonyl (C=O) groups excluding carboxylic acids is 3. The molecule has 10 nitrogen and oxygen atoms in total. The van der Waals surface area contributed by atoms with Crippen molar-refractivity contribution in [1.82, 2.24) is 5.32 Å². The fraction of sp³-hybridized carbons (Fsp3) is 0.250. The molecule has 0 heterocycles. The molecule has 0 bridgehead atoms. The van der Waals surface area contributed by atoms with Gasteiger partial charge in [-0.2, -0.15) is 4.39 Å². The standard InChI is InChI=1S/C20H20FN3O7S/c1-30-9-8-22-19(26)12-32-17-5-3-2-4-14(17)20(27)31-11-18(25)23-13-6-7-15(21)16(10-13)24(28)29/h2-7,10H,8-9,11-12H2,1H3,(H,22,26)(H,23,25). The Hall–Kier alpha value is -3.51. The van der Waals surface area contributed by atoms with E-state index in [0.29, 0.717) is 18.0 Å². The van der Waals surface area contributed by atoms with E-state index < -0.39 is 34.9 Å². The molecule has 32 heavy (non-hydrogen) atoms. The second kappa shape index (κ2) is 12.4. The Morgan fingerprint density at radius 1 is 1.16 bits per heavy atom. The highest BCUT2D eigenvalue weighted by atomic mass is 32.2. The first-order chi connectivity index (χ1) is 15.3. The van der Waals surface area contributed by atoms with Crippen molar-refractivity contribution in [2.24, 2.45) is 0 Å². The first-order valence-electron chi connectivity index (χ1n) is 9.20. The summed E-state index contributed by atoms with van der Waals surface area (Å²) in [6.07, 6.45) is 0. The van der Waals surface area contributed by atoms with Crippen LogP contribution >= 0.6 is 11.8 Å². The Bertz CT molecular complexity index is 1000. The van der Waals surface area contributed by atoms with E-state index in [0.717, 1.165) is 30.0 Å². The normalized spacial score (nSPS) is 10.3. The molecule has 12 heteroatoms. The number of anilines is 1. The largest absolute Gasteiger partial charge is 0.452 e. The van der Waals surface area contributed by atoms with Crippen LogP contribution in [0.25, 0.3) is 0 Å². The number of benzene rings is 2. The number of methoxy groups -OCH3 is 1. The fourth-order valence-corrected chi connectivity index (χ4v) is 3.25. The van der Waals surface area contributed by atoms with Crippen LogP contribution in [0.15, 0.2) is 47.4 Å². The molecule has 0 aliphatic carbocycles. The molecule has 0 saturated heterocycles. The summed E-state index contributed by atoms with van der Waals surface area (Å²) < 4.78 is 23.2. The molecule has 0 aliphatic rings. The van der Waals surface area contributed by atoms with Crippen LogP contribution in [0.3, 0.4) is 0 Å². The maximum Gasteiger partial charge on any atom is 0.339 e. The molecule has 2 amide bonds. The van der Waals surface area contributed by atoms with Gasteiger partial charge in [-0.15, -0.1) is 11.8 Å². The number of carbonyl (C=O) groups is 3. The summed E-state index contributed by atoms with van der Waals surface area (Å²) in [5.41, 5.74) is -0.640. The lowest BCUT2D eigenvalue weighted by atomic mass is 10.2. The highest BCUT2D eigenvalue weighted by Crippen LogP contribution is 2.24. The molecule has 2 aromatic carbocycles. The number of nitrogens with zero attached hydrogens (tertiary/aromatic N) is 1. The van der Waals surface area contributed by atoms with Crippen LogP contribution in [0.2, 0.25) is 0 Å². The zero-order valence-electron chi connectivity index (χ0n) is 17.0. The van der Waals surface area contributed by atoms with Gasteiger partial charge in [0.15, 0.2) is 6.61 Å². The van der Waals surface area contributed by atoms with Gasteiger partial charge >= 0.3 is 11.7 Å². The van der Waals surface area contributed by atoms with Crippen molar-refractivity contribution < 1.29 is 33.2 Å². The SMILES string of the molecule is COCCNC(=O)CSc1ccccc1C(=O)OCC(=O)Nc1ccc(F)c([N+](=O)[O-])c1. The maximum absolute atomic E-state index is 13.4. The Kier molecular flexibility index (Phi) is 9.57. The summed E-state index contributed by atoms with van der Waals surface area (Å²) in [7, 11) is 1.52. The third kappa shape index (κ3) is 7.63. The summed E-state index contributed by atoms with van der Waals surface area (Å²) in [4.78, 5) is 46.6. The van der Waals surface area contributed by atoms with Gasteiger partial charge in [0.05, 0.1) is 22.8 Å². The van der Waals surface area contributed by atoms with Gasteiger partial charge in [-0.05, 0) is 24.3 Å². The maximum atomic E-state index is 13.4. The average molecular weight is 465 g/mol. The van der Waals surface area contributed by atoms with Gasteiger partial charge in [0.25, 0.3) is 5.91 Å². The number of nitro benzene ring substituents is 1. The second-order valence-electron chi connectivity index (χ2n) is 6.18. The molecular formula is C20H20FN3O7S. The van der Waals surface area contributed by atoms with E-state index in [2.05, 4.69) is 10.6 Å². The Morgan fingerprint density at radius 3 is 2.62 bits per heavy atom. The van der Waals surface area contributed by atoms with Crippen molar-refractivity contribution >= 4 is 40.9 Å². The fourth-order valence-electron chi connectivity index (χ4n) is 2.38. The lowest BCUT2D eigenvalue weighted by Crippen LogP contribution is -2.28. The predicted molar refractivity (Wildman–Crippen MR) is 114 cm³/mol. The van der Waals surface area contributed by atoms with Gasteiger partial charge in [0, 0.05) is 30.3 Å². The topological polar surface area (TPSA) is 137 Å². The van der Waals surface area contributed by atoms with E-state index in [4.69, 9.17) is 9.47 Å². The highest BCUT2D eigenvalue weighted by molar-refractivity contribution is 8.00. The van der Waals surface area contributed by atoms with Crippen LogP contribution in [0.4, 0.5) is 15.8 Å². The quantitative estimate of drug-likeness (QED) is 0.170. The first kappa shape index (κ1) is 24.8. The third-order valence-electron chi connectivity index (χ3n) is 3.86. The number of hydrogen-bond acceptors (Lipinski definition) is 8. The lowest BCUT2D eigenvalue weighted by Gasteiger charge is -2.10. The predicted octanol–water partition coefficient (Wildman–Crippen LogP) is 2.38. The zero-order chi connectivity index (χ0) is 23.5. The monoisotopic (exact) mass is 465 g/mol. The smallest absolute Gasteiger partial charge is 0.339 e. The van der Waals surface area contributed by atoms with E-state index in [1.165, 1.54) is 13.2 Å². The first-order valence-corrected chi connectivity index (χ1v) is 10.2. The summed E-state index contributed by atoms with van der Waals surface area (Å²) >= 11 is 1.13. The number of esters is 1. The molecule has 2 N–H and O–H groups in total. The van der Waals surface area contributed by atoms with Crippen LogP contribution < -0.4 is 10.6 Å². The summed E-state index contributed by atoms with van der Waals surface area (Å²) in [5.74, 6) is -2.75. The minimum atomic E-state index is -1.04. The number of nitro groups is 1. The molecule has 0 saturated carbocycles. The minimum absolute atomic E-state index is 0.0189. The zero-order valence-corrected chi connectivity index (χ0v) is 17.8. The van der Waals surface area contributed by atoms with Crippen molar-refractivity contribution in [2.75, 3.05) is 37.9 Å². The summed E-state index contributed by atoms with van der Waals surface area (Å²) in [6.45, 7) is 0.0824. The molecule has 170 valence electrons. The Balaban J connectivity index is 1.91. The molecule has 0 spiro atoms. The van der Waals surface area contributed by atoms with Crippen LogP contribution in [-0.4, -0.2) is 55.3 Å². The van der Waals surface area contributed by atoms with Gasteiger partial charge in [-0.1, -0.05) is 12.1 Å². The lowest BCUT2D eigenvalue weighted by molar-refractivity contribution is -0.387. The van der Waals surface area contributed by atoms with Crippen molar-refractivity contribution in [1.29, 1.82) is 0 Å². The third-order valence-corrected chi connectivity index (χ3v) is 4.93. The van der Waals surface area contributed by atoms with Crippen LogP contribution in [0.5, 0.6) is 0 Å². The highest BCUT2D eigenvalue weighted by Gasteiger charge is 2.18. The van der Waals surface area contributed by atoms with Gasteiger partial charge in [-0.25, -0.2) is 4.79 Å². The molecule has 2 rings (SSSR count). The molecule has 0 unspecified atom stereocenters. The van der Waals surface area contributed by atoms with Crippen molar-refractivity contribution in [2.45, 2.75) is 4.90 Å². The molecule has 0 aromatic heterocycles. The van der Waals surface area contributed by atoms with Crippen LogP contribution in [-0.2, 0) is 19.1 Å². The number of thioether (sulfide) groups is 1. The minimum Gasteiger partial charge on any atom is -0.452 e. The molecule has 0 radical (unpaired) electrons. The number of nitrogens with one attached hydrogen (secondary N) is 2. The van der Waals surface area contributed by atoms with Crippen molar-refractivity contribution in [3.05, 3.63) is 64.0 Å². The molecule has 0 atom stereocenters. The van der Waals surface area contributed by atoms with E-state index >= 15 is 0 Å². The number of halogens is 1. The van der Waals surface area contributed by atoms with E-state index in [9.17, 15) is 28.9 Å². The Labute approximate surface area is 186 Å². The molecular weight excluding hydrogens is 445 g/mol. The van der Waals surface area contributed by atoms with Crippen molar-refractivity contribution in [3.63, 3.8) is 0 Å². The number of rotatable bonds is 11. The molecule has 0 aliphatic heterocycles. The molecule has 0 fully saturated rings. The van der Waals surface area contributed by atoms with E-state index in [1.54, 1.807) is 18.2 Å².